The second-order valence-corrected chi connectivity index (χ2v) is 6.81. The fourth-order valence-electron chi connectivity index (χ4n) is 2.81. The van der Waals surface area contributed by atoms with E-state index >= 15 is 0 Å². The van der Waals surface area contributed by atoms with E-state index in [4.69, 9.17) is 9.15 Å². The third kappa shape index (κ3) is 5.33. The number of ether oxygens (including phenoxy) is 1. The van der Waals surface area contributed by atoms with Crippen LogP contribution in [-0.2, 0) is 6.18 Å². The molecule has 3 aromatic rings. The second kappa shape index (κ2) is 9.07. The number of rotatable bonds is 7. The Morgan fingerprint density at radius 1 is 1.03 bits per heavy atom. The van der Waals surface area contributed by atoms with Crippen LogP contribution in [0.1, 0.15) is 46.7 Å². The van der Waals surface area contributed by atoms with Gasteiger partial charge in [-0.15, -0.1) is 0 Å². The highest BCUT2D eigenvalue weighted by Gasteiger charge is 2.31. The maximum Gasteiger partial charge on any atom is 0.416 e. The highest BCUT2D eigenvalue weighted by atomic mass is 19.4. The largest absolute Gasteiger partial charge is 0.491 e. The van der Waals surface area contributed by atoms with E-state index in [2.05, 4.69) is 5.32 Å². The lowest BCUT2D eigenvalue weighted by atomic mass is 10.1. The number of halogens is 3. The van der Waals surface area contributed by atoms with Crippen molar-refractivity contribution in [3.8, 4) is 17.1 Å². The van der Waals surface area contributed by atoms with E-state index < -0.39 is 17.6 Å². The lowest BCUT2D eigenvalue weighted by Crippen LogP contribution is -2.14. The van der Waals surface area contributed by atoms with Gasteiger partial charge in [-0.2, -0.15) is 13.2 Å². The Morgan fingerprint density at radius 3 is 2.35 bits per heavy atom. The van der Waals surface area contributed by atoms with Crippen molar-refractivity contribution >= 4 is 17.4 Å². The number of carbonyl (C=O) groups is 2. The molecule has 0 saturated heterocycles. The predicted molar refractivity (Wildman–Crippen MR) is 109 cm³/mol. The van der Waals surface area contributed by atoms with Crippen LogP contribution in [0.5, 0.6) is 5.75 Å². The van der Waals surface area contributed by atoms with E-state index in [-0.39, 0.29) is 29.6 Å². The molecule has 8 heteroatoms. The standard InChI is InChI=1S/C23H20F3NO4/c1-3-12-30-20-9-8-17(23(24,25)26)13-18(20)27-22(29)21-11-10-19(31-21)16-6-4-15(5-7-16)14(2)28/h4-11,13H,3,12H2,1-2H3,(H,27,29). The van der Waals surface area contributed by atoms with E-state index in [1.54, 1.807) is 30.3 Å². The highest BCUT2D eigenvalue weighted by molar-refractivity contribution is 6.03. The topological polar surface area (TPSA) is 68.5 Å². The number of furan rings is 1. The first-order valence-electron chi connectivity index (χ1n) is 9.55. The van der Waals surface area contributed by atoms with Crippen LogP contribution in [-0.4, -0.2) is 18.3 Å². The van der Waals surface area contributed by atoms with Crippen LogP contribution >= 0.6 is 0 Å². The van der Waals surface area contributed by atoms with E-state index in [1.165, 1.54) is 19.1 Å². The molecule has 3 rings (SSSR count). The molecule has 1 amide bonds. The summed E-state index contributed by atoms with van der Waals surface area (Å²) in [6.07, 6.45) is -3.91. The Kier molecular flexibility index (Phi) is 6.48. The highest BCUT2D eigenvalue weighted by Crippen LogP contribution is 2.35. The van der Waals surface area contributed by atoms with Gasteiger partial charge in [0, 0.05) is 11.1 Å². The first kappa shape index (κ1) is 22.1. The van der Waals surface area contributed by atoms with Gasteiger partial charge in [-0.05, 0) is 43.7 Å². The molecule has 0 aliphatic rings. The summed E-state index contributed by atoms with van der Waals surface area (Å²) in [6, 6.07) is 12.5. The van der Waals surface area contributed by atoms with Crippen LogP contribution in [0.25, 0.3) is 11.3 Å². The molecule has 0 saturated carbocycles. The summed E-state index contributed by atoms with van der Waals surface area (Å²) >= 11 is 0. The molecular weight excluding hydrogens is 411 g/mol. The maximum atomic E-state index is 13.1. The Balaban J connectivity index is 1.83. The molecule has 0 atom stereocenters. The molecule has 1 aromatic heterocycles. The van der Waals surface area contributed by atoms with Crippen LogP contribution in [0, 0.1) is 0 Å². The number of hydrogen-bond acceptors (Lipinski definition) is 4. The number of amides is 1. The Morgan fingerprint density at radius 2 is 1.74 bits per heavy atom. The lowest BCUT2D eigenvalue weighted by molar-refractivity contribution is -0.137. The summed E-state index contributed by atoms with van der Waals surface area (Å²) in [7, 11) is 0. The molecule has 0 spiro atoms. The second-order valence-electron chi connectivity index (χ2n) is 6.81. The fraction of sp³-hybridized carbons (Fsp3) is 0.217. The van der Waals surface area contributed by atoms with Gasteiger partial charge in [0.25, 0.3) is 5.91 Å². The zero-order chi connectivity index (χ0) is 22.6. The predicted octanol–water partition coefficient (Wildman–Crippen LogP) is 6.21. The molecule has 0 bridgehead atoms. The first-order valence-corrected chi connectivity index (χ1v) is 9.55. The number of hydrogen-bond donors (Lipinski definition) is 1. The average Bonchev–Trinajstić information content (AvgIpc) is 3.22. The summed E-state index contributed by atoms with van der Waals surface area (Å²) < 4.78 is 50.3. The van der Waals surface area contributed by atoms with Crippen molar-refractivity contribution in [1.82, 2.24) is 0 Å². The molecule has 1 heterocycles. The van der Waals surface area contributed by atoms with Gasteiger partial charge in [0.15, 0.2) is 11.5 Å². The van der Waals surface area contributed by atoms with Crippen molar-refractivity contribution in [3.63, 3.8) is 0 Å². The van der Waals surface area contributed by atoms with Crippen molar-refractivity contribution < 1.29 is 31.9 Å². The molecule has 0 unspecified atom stereocenters. The van der Waals surface area contributed by atoms with Gasteiger partial charge in [0.05, 0.1) is 17.9 Å². The van der Waals surface area contributed by atoms with Gasteiger partial charge >= 0.3 is 6.18 Å². The third-order valence-corrected chi connectivity index (χ3v) is 4.42. The van der Waals surface area contributed by atoms with Crippen molar-refractivity contribution in [2.45, 2.75) is 26.4 Å². The molecular formula is C23H20F3NO4. The first-order chi connectivity index (χ1) is 14.7. The van der Waals surface area contributed by atoms with Gasteiger partial charge in [0.2, 0.25) is 0 Å². The molecule has 162 valence electrons. The molecule has 31 heavy (non-hydrogen) atoms. The normalized spacial score (nSPS) is 11.3. The van der Waals surface area contributed by atoms with E-state index in [1.807, 2.05) is 6.92 Å². The van der Waals surface area contributed by atoms with E-state index in [9.17, 15) is 22.8 Å². The minimum atomic E-state index is -4.56. The van der Waals surface area contributed by atoms with Crippen molar-refractivity contribution in [2.75, 3.05) is 11.9 Å². The zero-order valence-corrected chi connectivity index (χ0v) is 16.9. The number of ketones is 1. The van der Waals surface area contributed by atoms with Crippen LogP contribution < -0.4 is 10.1 Å². The smallest absolute Gasteiger partial charge is 0.416 e. The number of nitrogens with one attached hydrogen (secondary N) is 1. The summed E-state index contributed by atoms with van der Waals surface area (Å²) in [5.41, 5.74) is 0.182. The SMILES string of the molecule is CCCOc1ccc(C(F)(F)F)cc1NC(=O)c1ccc(-c2ccc(C(C)=O)cc2)o1. The quantitative estimate of drug-likeness (QED) is 0.452. The number of alkyl halides is 3. The van der Waals surface area contributed by atoms with Crippen LogP contribution in [0.2, 0.25) is 0 Å². The monoisotopic (exact) mass is 431 g/mol. The van der Waals surface area contributed by atoms with E-state index in [0.717, 1.165) is 12.1 Å². The van der Waals surface area contributed by atoms with Crippen LogP contribution in [0.15, 0.2) is 59.0 Å². The Hall–Kier alpha value is -3.55. The Labute approximate surface area is 176 Å². The fourth-order valence-corrected chi connectivity index (χ4v) is 2.81. The van der Waals surface area contributed by atoms with Crippen molar-refractivity contribution in [3.05, 3.63) is 71.5 Å². The zero-order valence-electron chi connectivity index (χ0n) is 16.9. The summed E-state index contributed by atoms with van der Waals surface area (Å²) in [6.45, 7) is 3.60. The third-order valence-electron chi connectivity index (χ3n) is 4.42. The summed E-state index contributed by atoms with van der Waals surface area (Å²) in [5.74, 6) is -0.355. The van der Waals surface area contributed by atoms with Crippen LogP contribution in [0.4, 0.5) is 18.9 Å². The molecule has 2 aromatic carbocycles. The molecule has 0 aliphatic carbocycles. The molecule has 5 nitrogen and oxygen atoms in total. The molecule has 0 aliphatic heterocycles. The minimum Gasteiger partial charge on any atom is -0.491 e. The number of Topliss-reactive ketones (excluding diaryl/α,β-unsaturated/α-hetero) is 1. The van der Waals surface area contributed by atoms with Gasteiger partial charge in [0.1, 0.15) is 11.5 Å². The molecule has 0 radical (unpaired) electrons. The van der Waals surface area contributed by atoms with Gasteiger partial charge < -0.3 is 14.5 Å². The number of anilines is 1. The summed E-state index contributed by atoms with van der Waals surface area (Å²) in [4.78, 5) is 24.0. The number of benzene rings is 2. The maximum absolute atomic E-state index is 13.1. The van der Waals surface area contributed by atoms with Crippen molar-refractivity contribution in [2.24, 2.45) is 0 Å². The van der Waals surface area contributed by atoms with Gasteiger partial charge in [-0.25, -0.2) is 0 Å². The number of carbonyl (C=O) groups excluding carboxylic acids is 2. The van der Waals surface area contributed by atoms with Gasteiger partial charge in [-0.1, -0.05) is 31.2 Å². The lowest BCUT2D eigenvalue weighted by Gasteiger charge is -2.14. The van der Waals surface area contributed by atoms with Crippen molar-refractivity contribution in [1.29, 1.82) is 0 Å². The Bertz CT molecular complexity index is 1080. The molecule has 0 fully saturated rings. The average molecular weight is 431 g/mol. The van der Waals surface area contributed by atoms with Crippen LogP contribution in [0.3, 0.4) is 0 Å². The van der Waals surface area contributed by atoms with E-state index in [0.29, 0.717) is 23.3 Å². The van der Waals surface area contributed by atoms with Gasteiger partial charge in [-0.3, -0.25) is 9.59 Å². The summed E-state index contributed by atoms with van der Waals surface area (Å²) in [5, 5.41) is 2.43. The minimum absolute atomic E-state index is 0.0757. The molecule has 1 N–H and O–H groups in total.